The van der Waals surface area contributed by atoms with E-state index in [1.807, 2.05) is 24.3 Å². The van der Waals surface area contributed by atoms with E-state index in [-0.39, 0.29) is 5.92 Å². The lowest BCUT2D eigenvalue weighted by atomic mass is 9.99. The number of ether oxygens (including phenoxy) is 5. The maximum absolute atomic E-state index is 12.8. The summed E-state index contributed by atoms with van der Waals surface area (Å²) in [6.45, 7) is 2.07. The molecule has 7 nitrogen and oxygen atoms in total. The molecule has 0 bridgehead atoms. The van der Waals surface area contributed by atoms with E-state index in [1.54, 1.807) is 61.7 Å². The molecule has 1 aliphatic carbocycles. The van der Waals surface area contributed by atoms with Gasteiger partial charge in [0, 0.05) is 5.92 Å². The molecule has 0 saturated heterocycles. The first-order valence-electron chi connectivity index (χ1n) is 12.0. The highest BCUT2D eigenvalue weighted by molar-refractivity contribution is 5.93. The summed E-state index contributed by atoms with van der Waals surface area (Å²) in [6.07, 6.45) is 0. The minimum absolute atomic E-state index is 0.0133. The van der Waals surface area contributed by atoms with Crippen molar-refractivity contribution in [3.63, 3.8) is 0 Å². The van der Waals surface area contributed by atoms with E-state index in [0.29, 0.717) is 39.9 Å². The topological polar surface area (TPSA) is 80.3 Å². The van der Waals surface area contributed by atoms with Crippen LogP contribution in [0.25, 0.3) is 11.1 Å². The van der Waals surface area contributed by atoms with Crippen LogP contribution in [-0.4, -0.2) is 33.3 Å². The Kier molecular flexibility index (Phi) is 6.75. The van der Waals surface area contributed by atoms with Gasteiger partial charge in [0.1, 0.15) is 17.2 Å². The van der Waals surface area contributed by atoms with Crippen molar-refractivity contribution >= 4 is 11.9 Å². The second kappa shape index (κ2) is 10.3. The lowest BCUT2D eigenvalue weighted by Crippen LogP contribution is -2.09. The molecular weight excluding hydrogens is 484 g/mol. The second-order valence-corrected chi connectivity index (χ2v) is 8.80. The van der Waals surface area contributed by atoms with Crippen LogP contribution >= 0.6 is 0 Å². The van der Waals surface area contributed by atoms with Crippen molar-refractivity contribution in [2.24, 2.45) is 0 Å². The average molecular weight is 511 g/mol. The number of fused-ring (bicyclic) bond motifs is 3. The van der Waals surface area contributed by atoms with Crippen molar-refractivity contribution in [2.75, 3.05) is 21.3 Å². The molecule has 0 aliphatic heterocycles. The quantitative estimate of drug-likeness (QED) is 0.214. The van der Waals surface area contributed by atoms with Gasteiger partial charge in [-0.3, -0.25) is 0 Å². The highest BCUT2D eigenvalue weighted by Gasteiger charge is 2.27. The third-order valence-corrected chi connectivity index (χ3v) is 6.64. The highest BCUT2D eigenvalue weighted by atomic mass is 16.5. The van der Waals surface area contributed by atoms with E-state index in [9.17, 15) is 9.59 Å². The molecule has 4 aromatic rings. The van der Waals surface area contributed by atoms with Gasteiger partial charge in [0.05, 0.1) is 32.5 Å². The standard InChI is InChI=1S/C31H26O7/c1-18-26-16-22(37-30(32)19-5-8-21(34-2)9-6-19)10-12-24(26)25-13-11-23(17-27(18)25)38-31(33)20-7-14-28(35-3)29(15-20)36-4/h5-18H,1-4H3. The van der Waals surface area contributed by atoms with E-state index in [4.69, 9.17) is 23.7 Å². The molecule has 7 heteroatoms. The van der Waals surface area contributed by atoms with Gasteiger partial charge in [0.15, 0.2) is 11.5 Å². The van der Waals surface area contributed by atoms with Crippen LogP contribution in [0.4, 0.5) is 0 Å². The molecular formula is C31H26O7. The van der Waals surface area contributed by atoms with E-state index in [0.717, 1.165) is 22.3 Å². The summed E-state index contributed by atoms with van der Waals surface area (Å²) in [4.78, 5) is 25.4. The molecule has 0 saturated carbocycles. The predicted octanol–water partition coefficient (Wildman–Crippen LogP) is 6.28. The van der Waals surface area contributed by atoms with Crippen molar-refractivity contribution in [1.29, 1.82) is 0 Å². The molecule has 0 spiro atoms. The number of benzene rings is 4. The zero-order valence-corrected chi connectivity index (χ0v) is 21.4. The number of esters is 2. The molecule has 0 fully saturated rings. The molecule has 0 radical (unpaired) electrons. The zero-order valence-electron chi connectivity index (χ0n) is 21.4. The van der Waals surface area contributed by atoms with Crippen molar-refractivity contribution in [3.8, 4) is 39.9 Å². The van der Waals surface area contributed by atoms with Gasteiger partial charge in [0.25, 0.3) is 0 Å². The predicted molar refractivity (Wildman–Crippen MR) is 142 cm³/mol. The first kappa shape index (κ1) is 24.9. The van der Waals surface area contributed by atoms with Crippen LogP contribution in [0.3, 0.4) is 0 Å². The Morgan fingerprint density at radius 1 is 0.553 bits per heavy atom. The minimum Gasteiger partial charge on any atom is -0.497 e. The average Bonchev–Trinajstić information content (AvgIpc) is 3.23. The smallest absolute Gasteiger partial charge is 0.343 e. The number of methoxy groups -OCH3 is 3. The van der Waals surface area contributed by atoms with Crippen molar-refractivity contribution in [2.45, 2.75) is 12.8 Å². The van der Waals surface area contributed by atoms with Gasteiger partial charge in [-0.25, -0.2) is 9.59 Å². The van der Waals surface area contributed by atoms with Gasteiger partial charge in [-0.1, -0.05) is 19.1 Å². The van der Waals surface area contributed by atoms with Crippen LogP contribution in [0.1, 0.15) is 44.7 Å². The minimum atomic E-state index is -0.498. The van der Waals surface area contributed by atoms with Gasteiger partial charge in [0.2, 0.25) is 0 Å². The van der Waals surface area contributed by atoms with Crippen LogP contribution in [0.5, 0.6) is 28.7 Å². The summed E-state index contributed by atoms with van der Waals surface area (Å²) in [5.74, 6) is 1.62. The van der Waals surface area contributed by atoms with Gasteiger partial charge < -0.3 is 23.7 Å². The molecule has 4 aromatic carbocycles. The summed E-state index contributed by atoms with van der Waals surface area (Å²) in [6, 6.07) is 22.8. The zero-order chi connectivity index (χ0) is 26.8. The highest BCUT2D eigenvalue weighted by Crippen LogP contribution is 2.47. The molecule has 192 valence electrons. The summed E-state index contributed by atoms with van der Waals surface area (Å²) < 4.78 is 27.0. The molecule has 1 atom stereocenters. The van der Waals surface area contributed by atoms with Gasteiger partial charge in [-0.05, 0) is 89.0 Å². The first-order chi connectivity index (χ1) is 18.4. The van der Waals surface area contributed by atoms with Gasteiger partial charge >= 0.3 is 11.9 Å². The Morgan fingerprint density at radius 3 is 1.58 bits per heavy atom. The van der Waals surface area contributed by atoms with Crippen LogP contribution in [0, 0.1) is 0 Å². The van der Waals surface area contributed by atoms with Crippen molar-refractivity contribution in [1.82, 2.24) is 0 Å². The number of rotatable bonds is 7. The monoisotopic (exact) mass is 510 g/mol. The Bertz CT molecular complexity index is 1520. The fourth-order valence-electron chi connectivity index (χ4n) is 4.61. The van der Waals surface area contributed by atoms with Crippen LogP contribution in [0.15, 0.2) is 78.9 Å². The molecule has 0 amide bonds. The molecule has 0 N–H and O–H groups in total. The third-order valence-electron chi connectivity index (χ3n) is 6.64. The largest absolute Gasteiger partial charge is 0.497 e. The summed E-state index contributed by atoms with van der Waals surface area (Å²) in [5.41, 5.74) is 4.94. The second-order valence-electron chi connectivity index (χ2n) is 8.80. The van der Waals surface area contributed by atoms with Crippen molar-refractivity contribution in [3.05, 3.63) is 101 Å². The number of hydrogen-bond acceptors (Lipinski definition) is 7. The number of carbonyl (C=O) groups excluding carboxylic acids is 2. The molecule has 38 heavy (non-hydrogen) atoms. The number of hydrogen-bond donors (Lipinski definition) is 0. The molecule has 1 unspecified atom stereocenters. The van der Waals surface area contributed by atoms with Crippen LogP contribution in [0.2, 0.25) is 0 Å². The van der Waals surface area contributed by atoms with Crippen LogP contribution < -0.4 is 23.7 Å². The SMILES string of the molecule is COc1ccc(C(=O)Oc2ccc3c(c2)C(C)c2cc(OC(=O)c4ccc(OC)c(OC)c4)ccc2-3)cc1. The third kappa shape index (κ3) is 4.66. The lowest BCUT2D eigenvalue weighted by Gasteiger charge is -2.11. The Hall–Kier alpha value is -4.78. The first-order valence-corrected chi connectivity index (χ1v) is 12.0. The number of carbonyl (C=O) groups is 2. The molecule has 0 aromatic heterocycles. The van der Waals surface area contributed by atoms with E-state index in [1.165, 1.54) is 14.2 Å². The summed E-state index contributed by atoms with van der Waals surface area (Å²) in [7, 11) is 4.62. The van der Waals surface area contributed by atoms with E-state index < -0.39 is 11.9 Å². The maximum atomic E-state index is 12.8. The fourth-order valence-corrected chi connectivity index (χ4v) is 4.61. The Morgan fingerprint density at radius 2 is 1.05 bits per heavy atom. The van der Waals surface area contributed by atoms with E-state index in [2.05, 4.69) is 6.92 Å². The summed E-state index contributed by atoms with van der Waals surface area (Å²) >= 11 is 0. The van der Waals surface area contributed by atoms with Crippen molar-refractivity contribution < 1.29 is 33.3 Å². The maximum Gasteiger partial charge on any atom is 0.343 e. The Balaban J connectivity index is 1.33. The molecule has 1 aliphatic rings. The van der Waals surface area contributed by atoms with Gasteiger partial charge in [-0.15, -0.1) is 0 Å². The summed E-state index contributed by atoms with van der Waals surface area (Å²) in [5, 5.41) is 0. The van der Waals surface area contributed by atoms with E-state index >= 15 is 0 Å². The van der Waals surface area contributed by atoms with Crippen LogP contribution in [-0.2, 0) is 0 Å². The molecule has 5 rings (SSSR count). The van der Waals surface area contributed by atoms with Gasteiger partial charge in [-0.2, -0.15) is 0 Å². The Labute approximate surface area is 220 Å². The normalized spacial score (nSPS) is 13.2. The fraction of sp³-hybridized carbons (Fsp3) is 0.161. The molecule has 0 heterocycles. The lowest BCUT2D eigenvalue weighted by molar-refractivity contribution is 0.0725.